The molecule has 0 aliphatic heterocycles. The van der Waals surface area contributed by atoms with E-state index in [0.717, 1.165) is 0 Å². The van der Waals surface area contributed by atoms with Crippen LogP contribution in [0.2, 0.25) is 0 Å². The summed E-state index contributed by atoms with van der Waals surface area (Å²) in [7, 11) is 2.18. The second-order valence-corrected chi connectivity index (χ2v) is 7.07. The minimum atomic E-state index is 0.235. The number of rotatable bonds is 4. The van der Waals surface area contributed by atoms with E-state index in [1.807, 2.05) is 0 Å². The molecule has 0 aliphatic carbocycles. The van der Waals surface area contributed by atoms with Crippen LogP contribution in [0.15, 0.2) is 42.5 Å². The normalized spacial score (nSPS) is 15.4. The molecule has 0 heterocycles. The van der Waals surface area contributed by atoms with Gasteiger partial charge in [-0.15, -0.1) is 0 Å². The number of hydrogen-bond donors (Lipinski definition) is 1. The fraction of sp³-hybridized carbons (Fsp3) is 0.474. The molecule has 2 N–H and O–H groups in total. The van der Waals surface area contributed by atoms with E-state index in [-0.39, 0.29) is 11.5 Å². The largest absolute Gasteiger partial charge is 0.329 e. The molecule has 2 aromatic rings. The Bertz CT molecular complexity index is 598. The molecule has 2 atom stereocenters. The van der Waals surface area contributed by atoms with E-state index >= 15 is 0 Å². The van der Waals surface area contributed by atoms with Crippen molar-refractivity contribution in [2.24, 2.45) is 11.1 Å². The van der Waals surface area contributed by atoms with Gasteiger partial charge < -0.3 is 5.73 Å². The zero-order valence-corrected chi connectivity index (χ0v) is 13.9. The highest BCUT2D eigenvalue weighted by Crippen LogP contribution is 2.30. The Morgan fingerprint density at radius 3 is 2.24 bits per heavy atom. The van der Waals surface area contributed by atoms with Crippen LogP contribution in [0.1, 0.15) is 39.3 Å². The molecule has 21 heavy (non-hydrogen) atoms. The quantitative estimate of drug-likeness (QED) is 0.911. The molecule has 114 valence electrons. The van der Waals surface area contributed by atoms with Gasteiger partial charge in [0, 0.05) is 18.6 Å². The van der Waals surface area contributed by atoms with Gasteiger partial charge in [-0.1, -0.05) is 57.2 Å². The summed E-state index contributed by atoms with van der Waals surface area (Å²) >= 11 is 0. The minimum Gasteiger partial charge on any atom is -0.329 e. The maximum absolute atomic E-state index is 6.09. The van der Waals surface area contributed by atoms with E-state index in [0.29, 0.717) is 12.6 Å². The van der Waals surface area contributed by atoms with E-state index < -0.39 is 0 Å². The van der Waals surface area contributed by atoms with Gasteiger partial charge in [-0.2, -0.15) is 0 Å². The fourth-order valence-electron chi connectivity index (χ4n) is 2.83. The highest BCUT2D eigenvalue weighted by Gasteiger charge is 2.28. The van der Waals surface area contributed by atoms with Crippen LogP contribution in [-0.4, -0.2) is 24.5 Å². The zero-order valence-electron chi connectivity index (χ0n) is 13.9. The molecule has 2 nitrogen and oxygen atoms in total. The van der Waals surface area contributed by atoms with Crippen LogP contribution in [0.25, 0.3) is 10.8 Å². The Kier molecular flexibility index (Phi) is 4.70. The first kappa shape index (κ1) is 16.0. The number of hydrogen-bond acceptors (Lipinski definition) is 2. The molecule has 0 fully saturated rings. The fourth-order valence-corrected chi connectivity index (χ4v) is 2.83. The van der Waals surface area contributed by atoms with Crippen molar-refractivity contribution in [3.05, 3.63) is 48.0 Å². The van der Waals surface area contributed by atoms with Gasteiger partial charge in [-0.3, -0.25) is 4.90 Å². The summed E-state index contributed by atoms with van der Waals surface area (Å²) in [5, 5.41) is 2.56. The van der Waals surface area contributed by atoms with Crippen molar-refractivity contribution in [1.29, 1.82) is 0 Å². The zero-order chi connectivity index (χ0) is 15.6. The van der Waals surface area contributed by atoms with Crippen molar-refractivity contribution < 1.29 is 0 Å². The van der Waals surface area contributed by atoms with E-state index in [2.05, 4.69) is 82.1 Å². The van der Waals surface area contributed by atoms with Crippen molar-refractivity contribution in [2.45, 2.75) is 39.8 Å². The highest BCUT2D eigenvalue weighted by atomic mass is 15.2. The predicted molar refractivity (Wildman–Crippen MR) is 92.4 cm³/mol. The molecule has 2 heteroatoms. The highest BCUT2D eigenvalue weighted by molar-refractivity contribution is 5.83. The maximum Gasteiger partial charge on any atom is 0.0470 e. The average Bonchev–Trinajstić information content (AvgIpc) is 2.46. The summed E-state index contributed by atoms with van der Waals surface area (Å²) in [6.45, 7) is 9.76. The van der Waals surface area contributed by atoms with Crippen LogP contribution in [0.3, 0.4) is 0 Å². The Hall–Kier alpha value is -1.38. The first-order valence-electron chi connectivity index (χ1n) is 7.75. The van der Waals surface area contributed by atoms with Gasteiger partial charge in [0.2, 0.25) is 0 Å². The molecule has 0 amide bonds. The molecular weight excluding hydrogens is 256 g/mol. The summed E-state index contributed by atoms with van der Waals surface area (Å²) in [5.41, 5.74) is 7.63. The van der Waals surface area contributed by atoms with Crippen LogP contribution in [0, 0.1) is 5.41 Å². The molecule has 0 radical (unpaired) electrons. The van der Waals surface area contributed by atoms with Gasteiger partial charge in [0.15, 0.2) is 0 Å². The Morgan fingerprint density at radius 1 is 1.05 bits per heavy atom. The summed E-state index contributed by atoms with van der Waals surface area (Å²) in [6, 6.07) is 15.9. The standard InChI is InChI=1S/C19H28N2/c1-14(19(2,3)4)21(5)18(13-20)17-11-10-15-8-6-7-9-16(15)12-17/h6-12,14,18H,13,20H2,1-5H3. The summed E-state index contributed by atoms with van der Waals surface area (Å²) in [5.74, 6) is 0. The lowest BCUT2D eigenvalue weighted by molar-refractivity contribution is 0.100. The van der Waals surface area contributed by atoms with Gasteiger partial charge in [0.1, 0.15) is 0 Å². The predicted octanol–water partition coefficient (Wildman–Crippen LogP) is 4.21. The lowest BCUT2D eigenvalue weighted by Gasteiger charge is -2.40. The Morgan fingerprint density at radius 2 is 1.67 bits per heavy atom. The van der Waals surface area contributed by atoms with Crippen molar-refractivity contribution >= 4 is 10.8 Å². The van der Waals surface area contributed by atoms with Crippen LogP contribution >= 0.6 is 0 Å². The first-order valence-corrected chi connectivity index (χ1v) is 7.75. The second kappa shape index (κ2) is 6.17. The van der Waals surface area contributed by atoms with Gasteiger partial charge in [-0.25, -0.2) is 0 Å². The van der Waals surface area contributed by atoms with Crippen molar-refractivity contribution in [3.8, 4) is 0 Å². The molecule has 2 rings (SSSR count). The minimum absolute atomic E-state index is 0.235. The third kappa shape index (κ3) is 3.45. The molecule has 0 saturated carbocycles. The van der Waals surface area contributed by atoms with Crippen molar-refractivity contribution in [2.75, 3.05) is 13.6 Å². The van der Waals surface area contributed by atoms with Gasteiger partial charge in [-0.05, 0) is 41.8 Å². The Labute approximate surface area is 128 Å². The number of nitrogens with two attached hydrogens (primary N) is 1. The van der Waals surface area contributed by atoms with Crippen molar-refractivity contribution in [1.82, 2.24) is 4.90 Å². The topological polar surface area (TPSA) is 29.3 Å². The molecule has 0 aromatic heterocycles. The summed E-state index contributed by atoms with van der Waals surface area (Å²) in [4.78, 5) is 2.41. The second-order valence-electron chi connectivity index (χ2n) is 7.07. The maximum atomic E-state index is 6.09. The SMILES string of the molecule is CC(N(C)C(CN)c1ccc2ccccc2c1)C(C)(C)C. The lowest BCUT2D eigenvalue weighted by atomic mass is 9.85. The lowest BCUT2D eigenvalue weighted by Crippen LogP contribution is -2.43. The molecule has 2 unspecified atom stereocenters. The van der Waals surface area contributed by atoms with E-state index in [4.69, 9.17) is 5.73 Å². The summed E-state index contributed by atoms with van der Waals surface area (Å²) < 4.78 is 0. The number of nitrogens with zero attached hydrogens (tertiary/aromatic N) is 1. The monoisotopic (exact) mass is 284 g/mol. The summed E-state index contributed by atoms with van der Waals surface area (Å²) in [6.07, 6.45) is 0. The van der Waals surface area contributed by atoms with Gasteiger partial charge in [0.25, 0.3) is 0 Å². The number of fused-ring (bicyclic) bond motifs is 1. The van der Waals surface area contributed by atoms with E-state index in [9.17, 15) is 0 Å². The molecule has 0 bridgehead atoms. The molecule has 2 aromatic carbocycles. The third-order valence-corrected chi connectivity index (χ3v) is 4.74. The Balaban J connectivity index is 2.34. The average molecular weight is 284 g/mol. The van der Waals surface area contributed by atoms with E-state index in [1.54, 1.807) is 0 Å². The molecule has 0 spiro atoms. The smallest absolute Gasteiger partial charge is 0.0470 e. The molecule has 0 aliphatic rings. The number of likely N-dealkylation sites (N-methyl/N-ethyl adjacent to an activating group) is 1. The van der Waals surface area contributed by atoms with Crippen LogP contribution in [0.5, 0.6) is 0 Å². The van der Waals surface area contributed by atoms with Gasteiger partial charge in [0.05, 0.1) is 0 Å². The molecular formula is C19H28N2. The third-order valence-electron chi connectivity index (χ3n) is 4.74. The van der Waals surface area contributed by atoms with Crippen LogP contribution in [0.4, 0.5) is 0 Å². The van der Waals surface area contributed by atoms with Crippen molar-refractivity contribution in [3.63, 3.8) is 0 Å². The van der Waals surface area contributed by atoms with Crippen LogP contribution in [-0.2, 0) is 0 Å². The van der Waals surface area contributed by atoms with Gasteiger partial charge >= 0.3 is 0 Å². The number of benzene rings is 2. The van der Waals surface area contributed by atoms with E-state index in [1.165, 1.54) is 16.3 Å². The molecule has 0 saturated heterocycles. The first-order chi connectivity index (χ1) is 9.84. The van der Waals surface area contributed by atoms with Crippen LogP contribution < -0.4 is 5.73 Å².